The molecule has 2 rings (SSSR count). The van der Waals surface area contributed by atoms with E-state index in [0.717, 1.165) is 15.6 Å². The molecule has 0 aliphatic carbocycles. The lowest BCUT2D eigenvalue weighted by Crippen LogP contribution is -2.28. The summed E-state index contributed by atoms with van der Waals surface area (Å²) in [6.45, 7) is 0. The minimum atomic E-state index is -1.26. The number of aliphatic hydroxyl groups excluding tert-OH is 1. The summed E-state index contributed by atoms with van der Waals surface area (Å²) < 4.78 is 5.50. The Morgan fingerprint density at radius 2 is 1.77 bits per heavy atom. The zero-order valence-electron chi connectivity index (χ0n) is 12.1. The molecule has 0 radical (unpaired) electrons. The van der Waals surface area contributed by atoms with Crippen LogP contribution in [-0.4, -0.2) is 24.3 Å². The smallest absolute Gasteiger partial charge is 0.335 e. The zero-order chi connectivity index (χ0) is 15.9. The lowest BCUT2D eigenvalue weighted by molar-refractivity contribution is -0.150. The fourth-order valence-electron chi connectivity index (χ4n) is 2.17. The lowest BCUT2D eigenvalue weighted by Gasteiger charge is -2.19. The molecule has 0 spiro atoms. The van der Waals surface area contributed by atoms with Gasteiger partial charge >= 0.3 is 5.97 Å². The number of hydrogen-bond acceptors (Lipinski definition) is 3. The van der Waals surface area contributed by atoms with Gasteiger partial charge in [-0.15, -0.1) is 0 Å². The SMILES string of the molecule is COC(=O)[C@@H](O)[C@H](/C=C/c1ccccc1)c1ccccc1Br. The van der Waals surface area contributed by atoms with Crippen molar-refractivity contribution in [1.29, 1.82) is 0 Å². The van der Waals surface area contributed by atoms with Gasteiger partial charge in [0.25, 0.3) is 0 Å². The zero-order valence-corrected chi connectivity index (χ0v) is 13.7. The molecule has 2 aromatic rings. The number of carbonyl (C=O) groups is 1. The van der Waals surface area contributed by atoms with Gasteiger partial charge in [-0.2, -0.15) is 0 Å². The van der Waals surface area contributed by atoms with E-state index in [2.05, 4.69) is 20.7 Å². The van der Waals surface area contributed by atoms with Crippen LogP contribution in [0.4, 0.5) is 0 Å². The van der Waals surface area contributed by atoms with Crippen molar-refractivity contribution in [3.63, 3.8) is 0 Å². The Morgan fingerprint density at radius 1 is 1.14 bits per heavy atom. The highest BCUT2D eigenvalue weighted by atomic mass is 79.9. The average Bonchev–Trinajstić information content (AvgIpc) is 2.56. The number of benzene rings is 2. The van der Waals surface area contributed by atoms with Gasteiger partial charge in [0.1, 0.15) is 0 Å². The first-order chi connectivity index (χ1) is 10.6. The van der Waals surface area contributed by atoms with E-state index in [-0.39, 0.29) is 0 Å². The molecule has 0 amide bonds. The van der Waals surface area contributed by atoms with Gasteiger partial charge in [-0.05, 0) is 17.2 Å². The molecular formula is C18H17BrO3. The molecule has 0 saturated carbocycles. The summed E-state index contributed by atoms with van der Waals surface area (Å²) in [7, 11) is 1.27. The predicted molar refractivity (Wildman–Crippen MR) is 90.4 cm³/mol. The summed E-state index contributed by atoms with van der Waals surface area (Å²) in [4.78, 5) is 11.7. The minimum absolute atomic E-state index is 0.497. The Bertz CT molecular complexity index is 652. The Labute approximate surface area is 138 Å². The highest BCUT2D eigenvalue weighted by Gasteiger charge is 2.27. The summed E-state index contributed by atoms with van der Waals surface area (Å²) in [5.41, 5.74) is 1.82. The molecule has 2 aromatic carbocycles. The van der Waals surface area contributed by atoms with E-state index in [4.69, 9.17) is 0 Å². The Kier molecular flexibility index (Phi) is 5.92. The number of carbonyl (C=O) groups excluding carboxylic acids is 1. The van der Waals surface area contributed by atoms with Gasteiger partial charge in [0.15, 0.2) is 6.10 Å². The molecule has 0 fully saturated rings. The van der Waals surface area contributed by atoms with Crippen molar-refractivity contribution >= 4 is 28.0 Å². The molecule has 2 atom stereocenters. The molecule has 1 N–H and O–H groups in total. The van der Waals surface area contributed by atoms with Crippen molar-refractivity contribution in [3.8, 4) is 0 Å². The summed E-state index contributed by atoms with van der Waals surface area (Å²) in [5, 5.41) is 10.3. The van der Waals surface area contributed by atoms with Gasteiger partial charge in [0.05, 0.1) is 7.11 Å². The molecule has 0 aromatic heterocycles. The summed E-state index contributed by atoms with van der Waals surface area (Å²) in [6, 6.07) is 17.2. The standard InChI is InChI=1S/C18H17BrO3/c1-22-18(21)17(20)15(14-9-5-6-10-16(14)19)12-11-13-7-3-2-4-8-13/h2-12,15,17,20H,1H3/b12-11+/t15-,17+/m1/s1. The van der Waals surface area contributed by atoms with Crippen LogP contribution in [0.5, 0.6) is 0 Å². The van der Waals surface area contributed by atoms with Crippen LogP contribution >= 0.6 is 15.9 Å². The van der Waals surface area contributed by atoms with Gasteiger partial charge in [0, 0.05) is 10.4 Å². The van der Waals surface area contributed by atoms with Crippen LogP contribution < -0.4 is 0 Å². The molecular weight excluding hydrogens is 344 g/mol. The van der Waals surface area contributed by atoms with E-state index in [0.29, 0.717) is 0 Å². The maximum Gasteiger partial charge on any atom is 0.335 e. The second kappa shape index (κ2) is 7.92. The molecule has 4 heteroatoms. The molecule has 0 bridgehead atoms. The lowest BCUT2D eigenvalue weighted by atomic mass is 9.92. The van der Waals surface area contributed by atoms with E-state index in [9.17, 15) is 9.90 Å². The van der Waals surface area contributed by atoms with Crippen molar-refractivity contribution < 1.29 is 14.6 Å². The number of ether oxygens (including phenoxy) is 1. The van der Waals surface area contributed by atoms with E-state index in [1.807, 2.05) is 66.7 Å². The van der Waals surface area contributed by atoms with Crippen LogP contribution in [0.3, 0.4) is 0 Å². The third-order valence-electron chi connectivity index (χ3n) is 3.34. The van der Waals surface area contributed by atoms with Crippen LogP contribution in [0, 0.1) is 0 Å². The van der Waals surface area contributed by atoms with E-state index >= 15 is 0 Å². The second-order valence-electron chi connectivity index (χ2n) is 4.79. The molecule has 0 aliphatic rings. The number of rotatable bonds is 5. The Hall–Kier alpha value is -1.91. The molecule has 0 unspecified atom stereocenters. The van der Waals surface area contributed by atoms with Gasteiger partial charge in [0.2, 0.25) is 0 Å². The van der Waals surface area contributed by atoms with Crippen molar-refractivity contribution in [1.82, 2.24) is 0 Å². The largest absolute Gasteiger partial charge is 0.467 e. The number of aliphatic hydroxyl groups is 1. The van der Waals surface area contributed by atoms with Crippen LogP contribution in [0.15, 0.2) is 65.1 Å². The summed E-state index contributed by atoms with van der Waals surface area (Å²) in [6.07, 6.45) is 2.44. The molecule has 3 nitrogen and oxygen atoms in total. The molecule has 114 valence electrons. The van der Waals surface area contributed by atoms with Crippen LogP contribution in [0.1, 0.15) is 17.0 Å². The first-order valence-corrected chi connectivity index (χ1v) is 7.66. The average molecular weight is 361 g/mol. The van der Waals surface area contributed by atoms with Crippen LogP contribution in [0.25, 0.3) is 6.08 Å². The third-order valence-corrected chi connectivity index (χ3v) is 4.06. The topological polar surface area (TPSA) is 46.5 Å². The van der Waals surface area contributed by atoms with Crippen LogP contribution in [0.2, 0.25) is 0 Å². The van der Waals surface area contributed by atoms with Crippen molar-refractivity contribution in [2.75, 3.05) is 7.11 Å². The fourth-order valence-corrected chi connectivity index (χ4v) is 2.72. The quantitative estimate of drug-likeness (QED) is 0.825. The number of halogens is 1. The number of hydrogen-bond donors (Lipinski definition) is 1. The van der Waals surface area contributed by atoms with Gasteiger partial charge < -0.3 is 9.84 Å². The van der Waals surface area contributed by atoms with E-state index in [1.165, 1.54) is 7.11 Å². The summed E-state index contributed by atoms with van der Waals surface area (Å²) >= 11 is 3.47. The number of esters is 1. The van der Waals surface area contributed by atoms with E-state index < -0.39 is 18.0 Å². The fraction of sp³-hybridized carbons (Fsp3) is 0.167. The molecule has 0 saturated heterocycles. The van der Waals surface area contributed by atoms with Crippen LogP contribution in [-0.2, 0) is 9.53 Å². The van der Waals surface area contributed by atoms with Gasteiger partial charge in [-0.3, -0.25) is 0 Å². The normalized spacial score (nSPS) is 13.8. The maximum atomic E-state index is 11.7. The predicted octanol–water partition coefficient (Wildman–Crippen LogP) is 3.78. The monoisotopic (exact) mass is 360 g/mol. The van der Waals surface area contributed by atoms with Crippen molar-refractivity contribution in [2.24, 2.45) is 0 Å². The number of methoxy groups -OCH3 is 1. The molecule has 0 heterocycles. The maximum absolute atomic E-state index is 11.7. The van der Waals surface area contributed by atoms with E-state index in [1.54, 1.807) is 0 Å². The van der Waals surface area contributed by atoms with Crippen molar-refractivity contribution in [3.05, 3.63) is 76.3 Å². The molecule has 22 heavy (non-hydrogen) atoms. The van der Waals surface area contributed by atoms with Crippen molar-refractivity contribution in [2.45, 2.75) is 12.0 Å². The summed E-state index contributed by atoms with van der Waals surface area (Å²) in [5.74, 6) is -1.15. The van der Waals surface area contributed by atoms with Gasteiger partial charge in [-0.1, -0.05) is 76.6 Å². The molecule has 0 aliphatic heterocycles. The second-order valence-corrected chi connectivity index (χ2v) is 5.64. The first-order valence-electron chi connectivity index (χ1n) is 6.87. The first kappa shape index (κ1) is 16.5. The Morgan fingerprint density at radius 3 is 2.41 bits per heavy atom. The highest BCUT2D eigenvalue weighted by Crippen LogP contribution is 2.29. The van der Waals surface area contributed by atoms with Gasteiger partial charge in [-0.25, -0.2) is 4.79 Å². The minimum Gasteiger partial charge on any atom is -0.467 e. The Balaban J connectivity index is 2.36. The highest BCUT2D eigenvalue weighted by molar-refractivity contribution is 9.10. The third kappa shape index (κ3) is 4.06.